The average Bonchev–Trinajstić information content (AvgIpc) is 2.13. The molecule has 0 aromatic heterocycles. The maximum Gasteiger partial charge on any atom is 0.212 e. The maximum absolute atomic E-state index is 10.0. The predicted octanol–water partition coefficient (Wildman–Crippen LogP) is -3.69. The van der Waals surface area contributed by atoms with Crippen LogP contribution < -0.4 is 0 Å². The molecule has 0 spiro atoms. The van der Waals surface area contributed by atoms with Gasteiger partial charge in [-0.25, -0.2) is 0 Å². The van der Waals surface area contributed by atoms with Crippen molar-refractivity contribution in [3.8, 4) is 0 Å². The van der Waals surface area contributed by atoms with Crippen molar-refractivity contribution in [1.82, 2.24) is 0 Å². The second-order valence-corrected chi connectivity index (χ2v) is 3.29. The third-order valence-electron chi connectivity index (χ3n) is 1.44. The van der Waals surface area contributed by atoms with Gasteiger partial charge < -0.3 is 25.2 Å². The van der Waals surface area contributed by atoms with Crippen molar-refractivity contribution >= 4 is 21.9 Å². The zero-order valence-corrected chi connectivity index (χ0v) is 7.70. The van der Waals surface area contributed by atoms with Gasteiger partial charge in [-0.3, -0.25) is 0 Å². The fraction of sp³-hybridized carbons (Fsp3) is 0.667. The standard InChI is InChI=1S/C6H10O7S/c7-1-3(8)5(10)6(11)4(9)2-14(12)13/h1-6,8-11H/t3-,4+,5+,6-/m1/s1. The molecule has 82 valence electrons. The van der Waals surface area contributed by atoms with Crippen molar-refractivity contribution in [3.63, 3.8) is 0 Å². The molecule has 0 bridgehead atoms. The smallest absolute Gasteiger partial charge is 0.212 e. The summed E-state index contributed by atoms with van der Waals surface area (Å²) in [5.74, 6) is 0. The Bertz CT molecular complexity index is 300. The number of hydrogen-bond acceptors (Lipinski definition) is 7. The van der Waals surface area contributed by atoms with E-state index < -0.39 is 34.7 Å². The van der Waals surface area contributed by atoms with Crippen LogP contribution in [0.4, 0.5) is 0 Å². The third kappa shape index (κ3) is 3.94. The van der Waals surface area contributed by atoms with E-state index >= 15 is 0 Å². The number of aldehydes is 1. The molecule has 4 atom stereocenters. The summed E-state index contributed by atoms with van der Waals surface area (Å²) in [4.78, 5) is 9.96. The molecule has 0 aliphatic carbocycles. The highest BCUT2D eigenvalue weighted by molar-refractivity contribution is 7.71. The van der Waals surface area contributed by atoms with E-state index in [9.17, 15) is 13.2 Å². The summed E-state index contributed by atoms with van der Waals surface area (Å²) in [6.07, 6.45) is -7.70. The minimum atomic E-state index is -2.71. The van der Waals surface area contributed by atoms with E-state index in [4.69, 9.17) is 20.4 Å². The lowest BCUT2D eigenvalue weighted by Crippen LogP contribution is -2.45. The Kier molecular flexibility index (Phi) is 5.50. The maximum atomic E-state index is 10.0. The van der Waals surface area contributed by atoms with Gasteiger partial charge in [0.2, 0.25) is 10.3 Å². The van der Waals surface area contributed by atoms with E-state index in [1.807, 2.05) is 0 Å². The molecule has 4 N–H and O–H groups in total. The van der Waals surface area contributed by atoms with Crippen LogP contribution in [-0.2, 0) is 15.1 Å². The predicted molar refractivity (Wildman–Crippen MR) is 45.1 cm³/mol. The van der Waals surface area contributed by atoms with Crippen molar-refractivity contribution in [1.29, 1.82) is 0 Å². The first kappa shape index (κ1) is 13.2. The molecule has 0 unspecified atom stereocenters. The number of aliphatic hydroxyl groups excluding tert-OH is 4. The summed E-state index contributed by atoms with van der Waals surface area (Å²) < 4.78 is 20.1. The summed E-state index contributed by atoms with van der Waals surface area (Å²) in [6, 6.07) is 0. The van der Waals surface area contributed by atoms with Crippen LogP contribution in [0.1, 0.15) is 0 Å². The molecule has 0 heterocycles. The van der Waals surface area contributed by atoms with Gasteiger partial charge in [0.1, 0.15) is 24.4 Å². The molecular weight excluding hydrogens is 216 g/mol. The second kappa shape index (κ2) is 5.83. The molecule has 8 heteroatoms. The van der Waals surface area contributed by atoms with Gasteiger partial charge >= 0.3 is 0 Å². The highest BCUT2D eigenvalue weighted by Gasteiger charge is 2.29. The number of rotatable bonds is 5. The molecular formula is C6H10O7S. The van der Waals surface area contributed by atoms with Gasteiger partial charge in [0, 0.05) is 0 Å². The summed E-state index contributed by atoms with van der Waals surface area (Å²) in [5.41, 5.74) is 0. The van der Waals surface area contributed by atoms with Crippen molar-refractivity contribution in [2.24, 2.45) is 0 Å². The monoisotopic (exact) mass is 226 g/mol. The Morgan fingerprint density at radius 2 is 1.36 bits per heavy atom. The van der Waals surface area contributed by atoms with Gasteiger partial charge in [-0.2, -0.15) is 8.42 Å². The first-order chi connectivity index (χ1) is 6.40. The van der Waals surface area contributed by atoms with E-state index in [1.165, 1.54) is 0 Å². The molecule has 0 aromatic rings. The summed E-state index contributed by atoms with van der Waals surface area (Å²) in [6.45, 7) is 0. The lowest BCUT2D eigenvalue weighted by Gasteiger charge is -2.21. The van der Waals surface area contributed by atoms with Crippen molar-refractivity contribution in [2.75, 3.05) is 0 Å². The Labute approximate surface area is 80.8 Å². The van der Waals surface area contributed by atoms with Gasteiger partial charge in [0.15, 0.2) is 6.29 Å². The Hall–Kier alpha value is -0.800. The molecule has 0 aromatic carbocycles. The fourth-order valence-electron chi connectivity index (χ4n) is 0.679. The fourth-order valence-corrected chi connectivity index (χ4v) is 1.07. The van der Waals surface area contributed by atoms with E-state index in [0.29, 0.717) is 5.37 Å². The Morgan fingerprint density at radius 3 is 1.71 bits per heavy atom. The molecule has 0 amide bonds. The van der Waals surface area contributed by atoms with Crippen LogP contribution in [-0.4, -0.2) is 64.9 Å². The molecule has 0 fully saturated rings. The molecule has 0 aliphatic rings. The van der Waals surface area contributed by atoms with E-state index in [-0.39, 0.29) is 6.29 Å². The quantitative estimate of drug-likeness (QED) is 0.280. The minimum absolute atomic E-state index is 0.0469. The Balaban J connectivity index is 4.53. The number of carbonyl (C=O) groups excluding carboxylic acids is 1. The van der Waals surface area contributed by atoms with Gasteiger partial charge in [-0.15, -0.1) is 0 Å². The molecule has 0 radical (unpaired) electrons. The Morgan fingerprint density at radius 1 is 0.929 bits per heavy atom. The first-order valence-corrected chi connectivity index (χ1v) is 4.64. The largest absolute Gasteiger partial charge is 0.387 e. The molecule has 0 rings (SSSR count). The lowest BCUT2D eigenvalue weighted by molar-refractivity contribution is -0.129. The minimum Gasteiger partial charge on any atom is -0.387 e. The van der Waals surface area contributed by atoms with Gasteiger partial charge in [-0.1, -0.05) is 0 Å². The van der Waals surface area contributed by atoms with E-state index in [1.54, 1.807) is 0 Å². The average molecular weight is 226 g/mol. The highest BCUT2D eigenvalue weighted by Crippen LogP contribution is 2.02. The van der Waals surface area contributed by atoms with Crippen LogP contribution >= 0.6 is 0 Å². The SMILES string of the molecule is O=C[C@@H](O)[C@H](O)[C@H](O)[C@@H](O)C=S(=O)=O. The van der Waals surface area contributed by atoms with Crippen LogP contribution in [0, 0.1) is 0 Å². The van der Waals surface area contributed by atoms with Gasteiger partial charge in [0.25, 0.3) is 0 Å². The van der Waals surface area contributed by atoms with Gasteiger partial charge in [0.05, 0.1) is 5.37 Å². The first-order valence-electron chi connectivity index (χ1n) is 3.50. The summed E-state index contributed by atoms with van der Waals surface area (Å²) in [7, 11) is -2.71. The summed E-state index contributed by atoms with van der Waals surface area (Å²) in [5, 5.41) is 35.9. The molecule has 0 saturated carbocycles. The van der Waals surface area contributed by atoms with Crippen LogP contribution in [0.25, 0.3) is 0 Å². The number of hydrogen-bond donors (Lipinski definition) is 4. The topological polar surface area (TPSA) is 132 Å². The third-order valence-corrected chi connectivity index (χ3v) is 1.94. The van der Waals surface area contributed by atoms with Gasteiger partial charge in [-0.05, 0) is 0 Å². The molecule has 0 aliphatic heterocycles. The molecule has 7 nitrogen and oxygen atoms in total. The number of carbonyl (C=O) groups is 1. The van der Waals surface area contributed by atoms with Crippen molar-refractivity contribution in [3.05, 3.63) is 0 Å². The second-order valence-electron chi connectivity index (χ2n) is 2.50. The van der Waals surface area contributed by atoms with Crippen LogP contribution in [0.3, 0.4) is 0 Å². The molecule has 0 saturated heterocycles. The zero-order chi connectivity index (χ0) is 11.3. The van der Waals surface area contributed by atoms with Crippen LogP contribution in [0.5, 0.6) is 0 Å². The zero-order valence-electron chi connectivity index (χ0n) is 6.89. The van der Waals surface area contributed by atoms with Crippen LogP contribution in [0.15, 0.2) is 0 Å². The summed E-state index contributed by atoms with van der Waals surface area (Å²) >= 11 is 0. The lowest BCUT2D eigenvalue weighted by atomic mass is 10.1. The number of aliphatic hydroxyl groups is 4. The van der Waals surface area contributed by atoms with E-state index in [0.717, 1.165) is 0 Å². The normalized spacial score (nSPS) is 19.1. The van der Waals surface area contributed by atoms with Crippen LogP contribution in [0.2, 0.25) is 0 Å². The van der Waals surface area contributed by atoms with E-state index in [2.05, 4.69) is 0 Å². The van der Waals surface area contributed by atoms with Crippen molar-refractivity contribution in [2.45, 2.75) is 24.4 Å². The van der Waals surface area contributed by atoms with Crippen molar-refractivity contribution < 1.29 is 33.6 Å². The molecule has 14 heavy (non-hydrogen) atoms. The highest BCUT2D eigenvalue weighted by atomic mass is 32.2.